The summed E-state index contributed by atoms with van der Waals surface area (Å²) in [6, 6.07) is 28.3. The lowest BCUT2D eigenvalue weighted by molar-refractivity contribution is 0.0854. The molecular formula is C30H26N4O3. The molecule has 3 N–H and O–H groups in total. The van der Waals surface area contributed by atoms with Crippen molar-refractivity contribution >= 4 is 11.8 Å². The quantitative estimate of drug-likeness (QED) is 0.272. The minimum atomic E-state index is -1.29. The van der Waals surface area contributed by atoms with Gasteiger partial charge in [-0.05, 0) is 42.0 Å². The standard InChI is InChI=1S/C30H26N4O3/c31-30(15-4-16-30)24-13-11-23(12-14-24)28-25(21-5-2-1-3-6-21)17-27-32-18-26(34(27)33-28)22-9-7-20(8-10-22)19-37-29(35)36/h1-3,5-14,17-18H,4,15-16,19,31H2,(H,35,36). The number of nitrogens with zero attached hydrogens (tertiary/aromatic N) is 3. The van der Waals surface area contributed by atoms with E-state index in [-0.39, 0.29) is 12.1 Å². The molecule has 1 saturated carbocycles. The minimum absolute atomic E-state index is 0.00564. The van der Waals surface area contributed by atoms with Gasteiger partial charge in [0.15, 0.2) is 5.65 Å². The van der Waals surface area contributed by atoms with Crippen LogP contribution in [0.15, 0.2) is 91.1 Å². The lowest BCUT2D eigenvalue weighted by atomic mass is 9.72. The second-order valence-electron chi connectivity index (χ2n) is 9.52. The van der Waals surface area contributed by atoms with Gasteiger partial charge in [0.05, 0.1) is 17.6 Å². The van der Waals surface area contributed by atoms with Crippen molar-refractivity contribution in [2.45, 2.75) is 31.4 Å². The Hall–Kier alpha value is -4.49. The maximum Gasteiger partial charge on any atom is 0.506 e. The molecule has 2 aromatic heterocycles. The van der Waals surface area contributed by atoms with Gasteiger partial charge in [-0.2, -0.15) is 5.10 Å². The first-order chi connectivity index (χ1) is 18.0. The molecule has 6 rings (SSSR count). The summed E-state index contributed by atoms with van der Waals surface area (Å²) in [7, 11) is 0. The average Bonchev–Trinajstić information content (AvgIpc) is 3.34. The molecule has 0 radical (unpaired) electrons. The second kappa shape index (κ2) is 9.19. The Morgan fingerprint density at radius 1 is 0.946 bits per heavy atom. The molecule has 1 aliphatic rings. The lowest BCUT2D eigenvalue weighted by Gasteiger charge is -2.38. The third kappa shape index (κ3) is 4.34. The molecule has 5 aromatic rings. The zero-order valence-corrected chi connectivity index (χ0v) is 20.2. The Labute approximate surface area is 214 Å². The van der Waals surface area contributed by atoms with Crippen molar-refractivity contribution in [1.82, 2.24) is 14.6 Å². The molecule has 37 heavy (non-hydrogen) atoms. The summed E-state index contributed by atoms with van der Waals surface area (Å²) < 4.78 is 6.52. The highest BCUT2D eigenvalue weighted by atomic mass is 16.7. The van der Waals surface area contributed by atoms with E-state index in [9.17, 15) is 4.79 Å². The molecule has 0 unspecified atom stereocenters. The molecule has 0 spiro atoms. The number of carbonyl (C=O) groups is 1. The first kappa shape index (κ1) is 22.9. The van der Waals surface area contributed by atoms with E-state index in [1.807, 2.05) is 53.2 Å². The van der Waals surface area contributed by atoms with Crippen LogP contribution < -0.4 is 5.73 Å². The zero-order valence-electron chi connectivity index (χ0n) is 20.2. The van der Waals surface area contributed by atoms with E-state index in [1.54, 1.807) is 0 Å². The van der Waals surface area contributed by atoms with Gasteiger partial charge in [-0.3, -0.25) is 0 Å². The van der Waals surface area contributed by atoms with Crippen molar-refractivity contribution in [2.24, 2.45) is 5.73 Å². The van der Waals surface area contributed by atoms with Gasteiger partial charge in [0, 0.05) is 22.2 Å². The highest BCUT2D eigenvalue weighted by Gasteiger charge is 2.34. The van der Waals surface area contributed by atoms with Crippen LogP contribution in [0.3, 0.4) is 0 Å². The Bertz CT molecular complexity index is 1570. The number of hydrogen-bond donors (Lipinski definition) is 2. The minimum Gasteiger partial charge on any atom is -0.450 e. The Morgan fingerprint density at radius 2 is 1.65 bits per heavy atom. The number of aromatic nitrogens is 3. The highest BCUT2D eigenvalue weighted by molar-refractivity contribution is 5.83. The molecule has 3 aromatic carbocycles. The molecule has 7 nitrogen and oxygen atoms in total. The van der Waals surface area contributed by atoms with Gasteiger partial charge >= 0.3 is 6.16 Å². The fourth-order valence-corrected chi connectivity index (χ4v) is 4.89. The van der Waals surface area contributed by atoms with Crippen molar-refractivity contribution in [2.75, 3.05) is 0 Å². The molecule has 0 bridgehead atoms. The molecule has 0 aliphatic heterocycles. The molecule has 0 atom stereocenters. The van der Waals surface area contributed by atoms with Crippen molar-refractivity contribution in [3.05, 3.63) is 102 Å². The molecule has 184 valence electrons. The van der Waals surface area contributed by atoms with Crippen LogP contribution in [0.4, 0.5) is 4.79 Å². The van der Waals surface area contributed by atoms with Gasteiger partial charge < -0.3 is 15.6 Å². The van der Waals surface area contributed by atoms with E-state index < -0.39 is 6.16 Å². The smallest absolute Gasteiger partial charge is 0.450 e. The van der Waals surface area contributed by atoms with E-state index in [0.717, 1.165) is 57.7 Å². The van der Waals surface area contributed by atoms with Crippen LogP contribution in [0.5, 0.6) is 0 Å². The Morgan fingerprint density at radius 3 is 2.30 bits per heavy atom. The molecule has 0 amide bonds. The van der Waals surface area contributed by atoms with Gasteiger partial charge in [-0.15, -0.1) is 0 Å². The van der Waals surface area contributed by atoms with Crippen molar-refractivity contribution in [3.63, 3.8) is 0 Å². The Kier molecular flexibility index (Phi) is 5.70. The van der Waals surface area contributed by atoms with E-state index >= 15 is 0 Å². The SMILES string of the molecule is NC1(c2ccc(-c3nn4c(-c5ccc(COC(=O)O)cc5)cnc4cc3-c3ccccc3)cc2)CCC1. The van der Waals surface area contributed by atoms with Gasteiger partial charge in [0.2, 0.25) is 0 Å². The first-order valence-electron chi connectivity index (χ1n) is 12.3. The van der Waals surface area contributed by atoms with Gasteiger partial charge in [-0.1, -0.05) is 78.9 Å². The number of fused-ring (bicyclic) bond motifs is 1. The van der Waals surface area contributed by atoms with Crippen LogP contribution in [-0.2, 0) is 16.9 Å². The normalized spacial score (nSPS) is 14.3. The number of benzene rings is 3. The number of nitrogens with two attached hydrogens (primary N) is 1. The largest absolute Gasteiger partial charge is 0.506 e. The molecule has 2 heterocycles. The van der Waals surface area contributed by atoms with Crippen LogP contribution >= 0.6 is 0 Å². The number of rotatable bonds is 6. The van der Waals surface area contributed by atoms with Crippen molar-refractivity contribution < 1.29 is 14.6 Å². The number of ether oxygens (including phenoxy) is 1. The number of imidazole rings is 1. The topological polar surface area (TPSA) is 103 Å². The molecule has 0 saturated heterocycles. The maximum absolute atomic E-state index is 10.7. The van der Waals surface area contributed by atoms with Crippen molar-refractivity contribution in [3.8, 4) is 33.6 Å². The molecular weight excluding hydrogens is 464 g/mol. The summed E-state index contributed by atoms with van der Waals surface area (Å²) in [6.07, 6.45) is 3.73. The fourth-order valence-electron chi connectivity index (χ4n) is 4.89. The first-order valence-corrected chi connectivity index (χ1v) is 12.3. The number of hydrogen-bond acceptors (Lipinski definition) is 5. The molecule has 7 heteroatoms. The second-order valence-corrected chi connectivity index (χ2v) is 9.52. The third-order valence-electron chi connectivity index (χ3n) is 7.17. The highest BCUT2D eigenvalue weighted by Crippen LogP contribution is 2.40. The van der Waals surface area contributed by atoms with Gasteiger partial charge in [0.1, 0.15) is 6.61 Å². The van der Waals surface area contributed by atoms with E-state index in [4.69, 9.17) is 15.9 Å². The van der Waals surface area contributed by atoms with E-state index in [0.29, 0.717) is 0 Å². The predicted octanol–water partition coefficient (Wildman–Crippen LogP) is 6.26. The van der Waals surface area contributed by atoms with Crippen LogP contribution in [-0.4, -0.2) is 25.9 Å². The number of carboxylic acid groups (broad SMARTS) is 1. The Balaban J connectivity index is 1.44. The zero-order chi connectivity index (χ0) is 25.4. The summed E-state index contributed by atoms with van der Waals surface area (Å²) in [5.74, 6) is 0. The van der Waals surface area contributed by atoms with Crippen LogP contribution in [0.1, 0.15) is 30.4 Å². The molecule has 1 fully saturated rings. The van der Waals surface area contributed by atoms with Crippen LogP contribution in [0, 0.1) is 0 Å². The maximum atomic E-state index is 10.7. The van der Waals surface area contributed by atoms with E-state index in [1.165, 1.54) is 12.0 Å². The summed E-state index contributed by atoms with van der Waals surface area (Å²) in [5, 5.41) is 13.8. The van der Waals surface area contributed by atoms with Crippen LogP contribution in [0.2, 0.25) is 0 Å². The molecule has 1 aliphatic carbocycles. The monoisotopic (exact) mass is 490 g/mol. The predicted molar refractivity (Wildman–Crippen MR) is 142 cm³/mol. The summed E-state index contributed by atoms with van der Waals surface area (Å²) in [6.45, 7) is 0.00564. The summed E-state index contributed by atoms with van der Waals surface area (Å²) in [4.78, 5) is 15.3. The summed E-state index contributed by atoms with van der Waals surface area (Å²) >= 11 is 0. The van der Waals surface area contributed by atoms with Crippen molar-refractivity contribution in [1.29, 1.82) is 0 Å². The van der Waals surface area contributed by atoms with Gasteiger partial charge in [-0.25, -0.2) is 14.3 Å². The van der Waals surface area contributed by atoms with Crippen LogP contribution in [0.25, 0.3) is 39.3 Å². The third-order valence-corrected chi connectivity index (χ3v) is 7.17. The fraction of sp³-hybridized carbons (Fsp3) is 0.167. The van der Waals surface area contributed by atoms with E-state index in [2.05, 4.69) is 52.2 Å². The summed E-state index contributed by atoms with van der Waals surface area (Å²) in [5.41, 5.74) is 14.7. The average molecular weight is 491 g/mol. The van der Waals surface area contributed by atoms with Gasteiger partial charge in [0.25, 0.3) is 0 Å². The lowest BCUT2D eigenvalue weighted by Crippen LogP contribution is -2.43.